The number of piperidine rings is 1. The molecule has 1 fully saturated rings. The van der Waals surface area contributed by atoms with E-state index in [4.69, 9.17) is 0 Å². The maximum Gasteiger partial charge on any atom is 0.255 e. The molecule has 0 saturated carbocycles. The zero-order chi connectivity index (χ0) is 25.9. The van der Waals surface area contributed by atoms with Crippen molar-refractivity contribution in [1.29, 1.82) is 0 Å². The fraction of sp³-hybridized carbons (Fsp3) is 0.533. The minimum atomic E-state index is -0.163. The first-order valence-electron chi connectivity index (χ1n) is 13.7. The average Bonchev–Trinajstić information content (AvgIpc) is 2.90. The van der Waals surface area contributed by atoms with Gasteiger partial charge in [-0.05, 0) is 80.6 Å². The van der Waals surface area contributed by atoms with Gasteiger partial charge >= 0.3 is 0 Å². The third kappa shape index (κ3) is 7.82. The molecule has 0 aromatic heterocycles. The van der Waals surface area contributed by atoms with Gasteiger partial charge in [-0.1, -0.05) is 46.2 Å². The molecule has 2 N–H and O–H groups in total. The van der Waals surface area contributed by atoms with Gasteiger partial charge < -0.3 is 20.4 Å². The molecule has 2 aromatic rings. The van der Waals surface area contributed by atoms with Gasteiger partial charge in [0.15, 0.2) is 0 Å². The molecule has 1 aliphatic rings. The zero-order valence-electron chi connectivity index (χ0n) is 22.6. The molecule has 1 heterocycles. The van der Waals surface area contributed by atoms with Crippen molar-refractivity contribution in [2.45, 2.75) is 59.8 Å². The molecule has 2 amide bonds. The van der Waals surface area contributed by atoms with Gasteiger partial charge in [0.05, 0.1) is 5.56 Å². The van der Waals surface area contributed by atoms with Gasteiger partial charge in [0, 0.05) is 43.1 Å². The molecule has 0 atom stereocenters. The molecular weight excluding hydrogens is 448 g/mol. The largest absolute Gasteiger partial charge is 0.371 e. The van der Waals surface area contributed by atoms with Crippen LogP contribution in [-0.2, 0) is 6.42 Å². The number of nitrogens with one attached hydrogen (secondary N) is 2. The highest BCUT2D eigenvalue weighted by molar-refractivity contribution is 6.06. The summed E-state index contributed by atoms with van der Waals surface area (Å²) in [7, 11) is 0. The van der Waals surface area contributed by atoms with Crippen LogP contribution in [0.25, 0.3) is 0 Å². The number of nitrogens with zero attached hydrogens (tertiary/aromatic N) is 2. The van der Waals surface area contributed by atoms with E-state index >= 15 is 0 Å². The number of rotatable bonds is 12. The Morgan fingerprint density at radius 3 is 2.31 bits per heavy atom. The van der Waals surface area contributed by atoms with E-state index in [0.29, 0.717) is 29.3 Å². The Kier molecular flexibility index (Phi) is 10.8. The maximum atomic E-state index is 13.3. The standard InChI is InChI=1S/C30H44N4O2/c1-5-8-9-24-10-12-25(13-11-24)29(35)32-26-14-15-28(34-19-16-23(4)17-20-34)27(22-26)30(36)31-18-21-33(6-2)7-3/h10-15,22-23H,5-9,16-21H2,1-4H3,(H,31,36)(H,32,35). The Balaban J connectivity index is 1.75. The topological polar surface area (TPSA) is 64.7 Å². The lowest BCUT2D eigenvalue weighted by molar-refractivity contribution is 0.0948. The van der Waals surface area contributed by atoms with Crippen LogP contribution in [0.3, 0.4) is 0 Å². The highest BCUT2D eigenvalue weighted by Crippen LogP contribution is 2.29. The van der Waals surface area contributed by atoms with Gasteiger partial charge in [0.2, 0.25) is 0 Å². The van der Waals surface area contributed by atoms with Gasteiger partial charge in [0.1, 0.15) is 0 Å². The summed E-state index contributed by atoms with van der Waals surface area (Å²) in [6, 6.07) is 13.5. The minimum absolute atomic E-state index is 0.0906. The molecule has 36 heavy (non-hydrogen) atoms. The van der Waals surface area contributed by atoms with E-state index in [-0.39, 0.29) is 11.8 Å². The van der Waals surface area contributed by atoms with Crippen molar-refractivity contribution in [3.8, 4) is 0 Å². The Hall–Kier alpha value is -2.86. The molecule has 3 rings (SSSR count). The smallest absolute Gasteiger partial charge is 0.255 e. The lowest BCUT2D eigenvalue weighted by atomic mass is 9.97. The third-order valence-electron chi connectivity index (χ3n) is 7.27. The molecule has 0 spiro atoms. The second kappa shape index (κ2) is 14.0. The van der Waals surface area contributed by atoms with Crippen LogP contribution in [0.2, 0.25) is 0 Å². The number of anilines is 2. The first kappa shape index (κ1) is 27.7. The summed E-state index contributed by atoms with van der Waals surface area (Å²) in [5.74, 6) is 0.455. The summed E-state index contributed by atoms with van der Waals surface area (Å²) in [5, 5.41) is 6.10. The van der Waals surface area contributed by atoms with Crippen molar-refractivity contribution in [3.63, 3.8) is 0 Å². The number of likely N-dealkylation sites (N-methyl/N-ethyl adjacent to an activating group) is 1. The van der Waals surface area contributed by atoms with Crippen molar-refractivity contribution in [3.05, 3.63) is 59.2 Å². The van der Waals surface area contributed by atoms with Crippen LogP contribution in [0, 0.1) is 5.92 Å². The predicted octanol–water partition coefficient (Wildman–Crippen LogP) is 5.59. The van der Waals surface area contributed by atoms with Crippen LogP contribution < -0.4 is 15.5 Å². The van der Waals surface area contributed by atoms with E-state index in [0.717, 1.165) is 70.5 Å². The van der Waals surface area contributed by atoms with Gasteiger partial charge in [-0.2, -0.15) is 0 Å². The molecule has 1 aliphatic heterocycles. The van der Waals surface area contributed by atoms with E-state index in [1.807, 2.05) is 42.5 Å². The Morgan fingerprint density at radius 2 is 1.67 bits per heavy atom. The monoisotopic (exact) mass is 492 g/mol. The lowest BCUT2D eigenvalue weighted by Gasteiger charge is -2.33. The molecule has 0 radical (unpaired) electrons. The summed E-state index contributed by atoms with van der Waals surface area (Å²) in [5.41, 5.74) is 4.07. The van der Waals surface area contributed by atoms with Crippen molar-refractivity contribution in [2.24, 2.45) is 5.92 Å². The van der Waals surface area contributed by atoms with E-state index in [1.54, 1.807) is 0 Å². The van der Waals surface area contributed by atoms with E-state index in [9.17, 15) is 9.59 Å². The van der Waals surface area contributed by atoms with Crippen LogP contribution in [0.15, 0.2) is 42.5 Å². The van der Waals surface area contributed by atoms with Crippen LogP contribution in [0.5, 0.6) is 0 Å². The quantitative estimate of drug-likeness (QED) is 0.405. The van der Waals surface area contributed by atoms with Gasteiger partial charge in [0.25, 0.3) is 11.8 Å². The summed E-state index contributed by atoms with van der Waals surface area (Å²) >= 11 is 0. The predicted molar refractivity (Wildman–Crippen MR) is 150 cm³/mol. The van der Waals surface area contributed by atoms with Crippen molar-refractivity contribution in [1.82, 2.24) is 10.2 Å². The molecule has 0 aliphatic carbocycles. The van der Waals surface area contributed by atoms with Crippen molar-refractivity contribution >= 4 is 23.2 Å². The first-order chi connectivity index (χ1) is 17.4. The summed E-state index contributed by atoms with van der Waals surface area (Å²) < 4.78 is 0. The molecular formula is C30H44N4O2. The Labute approximate surface area is 217 Å². The molecule has 0 bridgehead atoms. The number of aryl methyl sites for hydroxylation is 1. The van der Waals surface area contributed by atoms with E-state index in [2.05, 4.69) is 48.1 Å². The van der Waals surface area contributed by atoms with Crippen molar-refractivity contribution < 1.29 is 9.59 Å². The highest BCUT2D eigenvalue weighted by atomic mass is 16.2. The number of amides is 2. The molecule has 2 aromatic carbocycles. The zero-order valence-corrected chi connectivity index (χ0v) is 22.6. The lowest BCUT2D eigenvalue weighted by Crippen LogP contribution is -2.37. The summed E-state index contributed by atoms with van der Waals surface area (Å²) in [6.45, 7) is 13.9. The van der Waals surface area contributed by atoms with Crippen LogP contribution in [0.4, 0.5) is 11.4 Å². The molecule has 6 heteroatoms. The number of hydrogen-bond acceptors (Lipinski definition) is 4. The molecule has 1 saturated heterocycles. The van der Waals surface area contributed by atoms with E-state index < -0.39 is 0 Å². The van der Waals surface area contributed by atoms with E-state index in [1.165, 1.54) is 5.56 Å². The number of carbonyl (C=O) groups excluding carboxylic acids is 2. The first-order valence-corrected chi connectivity index (χ1v) is 13.7. The second-order valence-corrected chi connectivity index (χ2v) is 9.94. The fourth-order valence-electron chi connectivity index (χ4n) is 4.69. The summed E-state index contributed by atoms with van der Waals surface area (Å²) in [4.78, 5) is 30.8. The fourth-order valence-corrected chi connectivity index (χ4v) is 4.69. The van der Waals surface area contributed by atoms with Gasteiger partial charge in [-0.25, -0.2) is 0 Å². The third-order valence-corrected chi connectivity index (χ3v) is 7.27. The molecule has 0 unspecified atom stereocenters. The van der Waals surface area contributed by atoms with Crippen LogP contribution in [-0.4, -0.2) is 56.0 Å². The van der Waals surface area contributed by atoms with Crippen molar-refractivity contribution in [2.75, 3.05) is 49.5 Å². The van der Waals surface area contributed by atoms with Crippen LogP contribution >= 0.6 is 0 Å². The normalized spacial score (nSPS) is 14.2. The second-order valence-electron chi connectivity index (χ2n) is 9.94. The van der Waals surface area contributed by atoms with Gasteiger partial charge in [-0.15, -0.1) is 0 Å². The SMILES string of the molecule is CCCCc1ccc(C(=O)Nc2ccc(N3CCC(C)CC3)c(C(=O)NCCN(CC)CC)c2)cc1. The maximum absolute atomic E-state index is 13.3. The average molecular weight is 493 g/mol. The number of benzene rings is 2. The highest BCUT2D eigenvalue weighted by Gasteiger charge is 2.22. The Bertz CT molecular complexity index is 977. The Morgan fingerprint density at radius 1 is 0.972 bits per heavy atom. The number of carbonyl (C=O) groups is 2. The molecule has 196 valence electrons. The van der Waals surface area contributed by atoms with Gasteiger partial charge in [-0.3, -0.25) is 9.59 Å². The van der Waals surface area contributed by atoms with Crippen LogP contribution in [0.1, 0.15) is 79.7 Å². The summed E-state index contributed by atoms with van der Waals surface area (Å²) in [6.07, 6.45) is 5.57. The minimum Gasteiger partial charge on any atom is -0.371 e. The number of unbranched alkanes of at least 4 members (excludes halogenated alkanes) is 1. The molecule has 6 nitrogen and oxygen atoms in total. The number of hydrogen-bond donors (Lipinski definition) is 2.